The first-order valence-corrected chi connectivity index (χ1v) is 6.37. The molecule has 72 valence electrons. The van der Waals surface area contributed by atoms with Gasteiger partial charge in [0.15, 0.2) is 0 Å². The molecule has 2 nitrogen and oxygen atoms in total. The van der Waals surface area contributed by atoms with Crippen LogP contribution in [0.25, 0.3) is 0 Å². The molecule has 0 aliphatic rings. The molecule has 5 heteroatoms. The van der Waals surface area contributed by atoms with Gasteiger partial charge in [-0.05, 0) is 34.3 Å². The van der Waals surface area contributed by atoms with Gasteiger partial charge in [-0.1, -0.05) is 0 Å². The van der Waals surface area contributed by atoms with Crippen molar-refractivity contribution in [1.82, 2.24) is 4.98 Å². The van der Waals surface area contributed by atoms with Crippen LogP contribution >= 0.6 is 38.6 Å². The molecule has 0 aliphatic heterocycles. The number of carbonyl (C=O) groups excluding carboxylic acids is 1. The SMILES string of the molecule is Cc1ncc(C(=O)c2sccc2Br)s1. The Kier molecular flexibility index (Phi) is 2.80. The Morgan fingerprint density at radius 2 is 2.36 bits per heavy atom. The van der Waals surface area contributed by atoms with E-state index in [0.717, 1.165) is 14.4 Å². The highest BCUT2D eigenvalue weighted by Gasteiger charge is 2.15. The second-order valence-corrected chi connectivity index (χ2v) is 5.68. The third-order valence-electron chi connectivity index (χ3n) is 1.67. The highest BCUT2D eigenvalue weighted by atomic mass is 79.9. The summed E-state index contributed by atoms with van der Waals surface area (Å²) in [5.41, 5.74) is 0. The normalized spacial score (nSPS) is 10.4. The number of hydrogen-bond donors (Lipinski definition) is 0. The van der Waals surface area contributed by atoms with E-state index in [1.807, 2.05) is 18.4 Å². The van der Waals surface area contributed by atoms with Crippen LogP contribution < -0.4 is 0 Å². The molecule has 2 rings (SSSR count). The molecule has 0 N–H and O–H groups in total. The number of ketones is 1. The quantitative estimate of drug-likeness (QED) is 0.792. The average molecular weight is 288 g/mol. The zero-order valence-corrected chi connectivity index (χ0v) is 10.5. The lowest BCUT2D eigenvalue weighted by molar-refractivity contribution is 0.104. The fraction of sp³-hybridized carbons (Fsp3) is 0.111. The molecule has 0 radical (unpaired) electrons. The summed E-state index contributed by atoms with van der Waals surface area (Å²) in [4.78, 5) is 17.4. The first kappa shape index (κ1) is 10.0. The molecule has 0 aromatic carbocycles. The fourth-order valence-corrected chi connectivity index (χ4v) is 3.33. The molecule has 0 unspecified atom stereocenters. The van der Waals surface area contributed by atoms with Crippen LogP contribution in [0.4, 0.5) is 0 Å². The summed E-state index contributed by atoms with van der Waals surface area (Å²) in [6.07, 6.45) is 1.63. The van der Waals surface area contributed by atoms with E-state index in [2.05, 4.69) is 20.9 Å². The number of thiophene rings is 1. The first-order valence-electron chi connectivity index (χ1n) is 3.88. The number of carbonyl (C=O) groups is 1. The van der Waals surface area contributed by atoms with Crippen LogP contribution in [0.15, 0.2) is 22.1 Å². The van der Waals surface area contributed by atoms with Gasteiger partial charge in [0, 0.05) is 10.7 Å². The topological polar surface area (TPSA) is 30.0 Å². The van der Waals surface area contributed by atoms with Crippen molar-refractivity contribution in [3.8, 4) is 0 Å². The maximum absolute atomic E-state index is 11.9. The molecule has 0 aliphatic carbocycles. The Labute approximate surface area is 97.7 Å². The van der Waals surface area contributed by atoms with Crippen molar-refractivity contribution < 1.29 is 4.79 Å². The molecule has 0 fully saturated rings. The minimum Gasteiger partial charge on any atom is -0.287 e. The van der Waals surface area contributed by atoms with E-state index in [-0.39, 0.29) is 5.78 Å². The van der Waals surface area contributed by atoms with Gasteiger partial charge in [-0.3, -0.25) is 4.79 Å². The van der Waals surface area contributed by atoms with Crippen molar-refractivity contribution in [3.63, 3.8) is 0 Å². The Morgan fingerprint density at radius 3 is 2.86 bits per heavy atom. The molecule has 0 spiro atoms. The van der Waals surface area contributed by atoms with Crippen molar-refractivity contribution in [1.29, 1.82) is 0 Å². The molecule has 2 aromatic heterocycles. The summed E-state index contributed by atoms with van der Waals surface area (Å²) < 4.78 is 0.860. The fourth-order valence-electron chi connectivity index (χ4n) is 1.03. The van der Waals surface area contributed by atoms with Crippen molar-refractivity contribution in [2.75, 3.05) is 0 Å². The van der Waals surface area contributed by atoms with Crippen molar-refractivity contribution in [3.05, 3.63) is 36.9 Å². The Bertz CT molecular complexity index is 475. The minimum absolute atomic E-state index is 0.0532. The van der Waals surface area contributed by atoms with Crippen LogP contribution in [0.3, 0.4) is 0 Å². The van der Waals surface area contributed by atoms with Gasteiger partial charge in [0.25, 0.3) is 0 Å². The Morgan fingerprint density at radius 1 is 1.57 bits per heavy atom. The number of thiazole rings is 1. The van der Waals surface area contributed by atoms with Gasteiger partial charge in [-0.2, -0.15) is 0 Å². The second-order valence-electron chi connectivity index (χ2n) is 2.67. The van der Waals surface area contributed by atoms with Gasteiger partial charge in [-0.15, -0.1) is 22.7 Å². The van der Waals surface area contributed by atoms with Gasteiger partial charge in [0.05, 0.1) is 14.8 Å². The van der Waals surface area contributed by atoms with E-state index >= 15 is 0 Å². The number of halogens is 1. The van der Waals surface area contributed by atoms with Gasteiger partial charge >= 0.3 is 0 Å². The maximum Gasteiger partial charge on any atom is 0.215 e. The lowest BCUT2D eigenvalue weighted by Crippen LogP contribution is -1.95. The standard InChI is InChI=1S/C9H6BrNOS2/c1-5-11-4-7(14-5)8(12)9-6(10)2-3-13-9/h2-4H,1H3. The Hall–Kier alpha value is -0.520. The monoisotopic (exact) mass is 287 g/mol. The third kappa shape index (κ3) is 1.80. The summed E-state index contributed by atoms with van der Waals surface area (Å²) in [6, 6.07) is 1.88. The summed E-state index contributed by atoms with van der Waals surface area (Å²) >= 11 is 6.22. The highest BCUT2D eigenvalue weighted by Crippen LogP contribution is 2.27. The van der Waals surface area contributed by atoms with E-state index in [9.17, 15) is 4.79 Å². The molecular formula is C9H6BrNOS2. The summed E-state index contributed by atoms with van der Waals surface area (Å²) in [5, 5.41) is 2.81. The second kappa shape index (κ2) is 3.92. The predicted molar refractivity (Wildman–Crippen MR) is 62.3 cm³/mol. The minimum atomic E-state index is 0.0532. The van der Waals surface area contributed by atoms with Crippen LogP contribution in [-0.2, 0) is 0 Å². The number of aryl methyl sites for hydroxylation is 1. The molecule has 0 amide bonds. The lowest BCUT2D eigenvalue weighted by atomic mass is 10.3. The molecular weight excluding hydrogens is 282 g/mol. The largest absolute Gasteiger partial charge is 0.287 e. The molecule has 0 bridgehead atoms. The van der Waals surface area contributed by atoms with Crippen LogP contribution in [0.5, 0.6) is 0 Å². The first-order chi connectivity index (χ1) is 6.68. The highest BCUT2D eigenvalue weighted by molar-refractivity contribution is 9.10. The van der Waals surface area contributed by atoms with Crippen LogP contribution in [0, 0.1) is 6.92 Å². The van der Waals surface area contributed by atoms with Gasteiger partial charge < -0.3 is 0 Å². The summed E-state index contributed by atoms with van der Waals surface area (Å²) in [6.45, 7) is 1.89. The van der Waals surface area contributed by atoms with Crippen molar-refractivity contribution in [2.45, 2.75) is 6.92 Å². The number of hydrogen-bond acceptors (Lipinski definition) is 4. The molecule has 2 heterocycles. The molecule has 0 saturated heterocycles. The number of aromatic nitrogens is 1. The van der Waals surface area contributed by atoms with E-state index in [1.165, 1.54) is 22.7 Å². The molecule has 0 atom stereocenters. The lowest BCUT2D eigenvalue weighted by Gasteiger charge is -1.92. The van der Waals surface area contributed by atoms with Crippen LogP contribution in [0.1, 0.15) is 19.6 Å². The van der Waals surface area contributed by atoms with Crippen molar-refractivity contribution in [2.24, 2.45) is 0 Å². The summed E-state index contributed by atoms with van der Waals surface area (Å²) in [7, 11) is 0. The molecule has 0 saturated carbocycles. The number of rotatable bonds is 2. The third-order valence-corrected chi connectivity index (χ3v) is 4.42. The van der Waals surface area contributed by atoms with E-state index < -0.39 is 0 Å². The maximum atomic E-state index is 11.9. The predicted octanol–water partition coefficient (Wildman–Crippen LogP) is 3.51. The van der Waals surface area contributed by atoms with E-state index in [1.54, 1.807) is 6.20 Å². The zero-order chi connectivity index (χ0) is 10.1. The van der Waals surface area contributed by atoms with Gasteiger partial charge in [0.2, 0.25) is 5.78 Å². The van der Waals surface area contributed by atoms with E-state index in [0.29, 0.717) is 4.88 Å². The van der Waals surface area contributed by atoms with E-state index in [4.69, 9.17) is 0 Å². The van der Waals surface area contributed by atoms with Gasteiger partial charge in [0.1, 0.15) is 0 Å². The molecule has 2 aromatic rings. The van der Waals surface area contributed by atoms with Crippen LogP contribution in [-0.4, -0.2) is 10.8 Å². The average Bonchev–Trinajstić information content (AvgIpc) is 2.73. The summed E-state index contributed by atoms with van der Waals surface area (Å²) in [5.74, 6) is 0.0532. The zero-order valence-electron chi connectivity index (χ0n) is 7.28. The van der Waals surface area contributed by atoms with Crippen molar-refractivity contribution >= 4 is 44.4 Å². The molecule has 14 heavy (non-hydrogen) atoms. The van der Waals surface area contributed by atoms with Crippen LogP contribution in [0.2, 0.25) is 0 Å². The Balaban J connectivity index is 2.38. The number of nitrogens with zero attached hydrogens (tertiary/aromatic N) is 1. The van der Waals surface area contributed by atoms with Gasteiger partial charge in [-0.25, -0.2) is 4.98 Å². The smallest absolute Gasteiger partial charge is 0.215 e.